The van der Waals surface area contributed by atoms with Gasteiger partial charge in [0.15, 0.2) is 5.11 Å². The molecule has 7 nitrogen and oxygen atoms in total. The van der Waals surface area contributed by atoms with Gasteiger partial charge in [0, 0.05) is 18.7 Å². The van der Waals surface area contributed by atoms with Gasteiger partial charge in [-0.05, 0) is 77.7 Å². The maximum Gasteiger partial charge on any atom is 0.257 e. The summed E-state index contributed by atoms with van der Waals surface area (Å²) >= 11 is 8.72. The molecule has 0 bridgehead atoms. The first-order chi connectivity index (χ1) is 15.5. The summed E-state index contributed by atoms with van der Waals surface area (Å²) in [6, 6.07) is 12.1. The summed E-state index contributed by atoms with van der Waals surface area (Å²) in [4.78, 5) is 25.2. The summed E-state index contributed by atoms with van der Waals surface area (Å²) in [7, 11) is 0. The Kier molecular flexibility index (Phi) is 9.01. The van der Waals surface area contributed by atoms with Gasteiger partial charge in [-0.3, -0.25) is 14.9 Å². The molecule has 1 heterocycles. The van der Waals surface area contributed by atoms with E-state index < -0.39 is 0 Å². The second-order valence-electron chi connectivity index (χ2n) is 7.29. The minimum Gasteiger partial charge on any atom is -0.492 e. The van der Waals surface area contributed by atoms with Crippen LogP contribution in [0.25, 0.3) is 0 Å². The normalized spacial score (nSPS) is 15.1. The highest BCUT2D eigenvalue weighted by Crippen LogP contribution is 2.26. The Bertz CT molecular complexity index is 979. The lowest BCUT2D eigenvalue weighted by Gasteiger charge is -2.15. The topological polar surface area (TPSA) is 88.7 Å². The molecular weight excluding hydrogens is 494 g/mol. The lowest BCUT2D eigenvalue weighted by atomic mass is 10.1. The quantitative estimate of drug-likeness (QED) is 0.451. The number of carbonyl (C=O) groups excluding carboxylic acids is 2. The SMILES string of the molecule is CCCOc1ccc(C(=O)NC(=S)Nc2ccccc2C(=O)NCC2CCCO2)cc1Br. The van der Waals surface area contributed by atoms with Crippen molar-refractivity contribution < 1.29 is 19.1 Å². The lowest BCUT2D eigenvalue weighted by molar-refractivity contribution is 0.0858. The third-order valence-corrected chi connectivity index (χ3v) is 5.64. The standard InChI is InChI=1S/C23H26BrN3O4S/c1-2-11-31-20-10-9-15(13-18(20)24)21(28)27-23(32)26-19-8-4-3-7-17(19)22(29)25-14-16-6-5-12-30-16/h3-4,7-10,13,16H,2,5-6,11-12,14H2,1H3,(H,25,29)(H2,26,27,28,32). The van der Waals surface area contributed by atoms with Gasteiger partial charge in [-0.1, -0.05) is 19.1 Å². The van der Waals surface area contributed by atoms with Gasteiger partial charge in [0.1, 0.15) is 5.75 Å². The van der Waals surface area contributed by atoms with Crippen LogP contribution in [0, 0.1) is 0 Å². The van der Waals surface area contributed by atoms with E-state index in [0.717, 1.165) is 25.9 Å². The van der Waals surface area contributed by atoms with Crippen molar-refractivity contribution in [3.63, 3.8) is 0 Å². The molecule has 1 atom stereocenters. The van der Waals surface area contributed by atoms with Gasteiger partial charge in [0.25, 0.3) is 11.8 Å². The number of carbonyl (C=O) groups is 2. The lowest BCUT2D eigenvalue weighted by Crippen LogP contribution is -2.35. The zero-order chi connectivity index (χ0) is 22.9. The van der Waals surface area contributed by atoms with Gasteiger partial charge < -0.3 is 20.1 Å². The van der Waals surface area contributed by atoms with E-state index in [4.69, 9.17) is 21.7 Å². The number of halogens is 1. The minimum absolute atomic E-state index is 0.0533. The van der Waals surface area contributed by atoms with E-state index in [0.29, 0.717) is 40.2 Å². The van der Waals surface area contributed by atoms with Crippen LogP contribution in [0.2, 0.25) is 0 Å². The van der Waals surface area contributed by atoms with Crippen LogP contribution in [0.1, 0.15) is 46.9 Å². The molecule has 2 amide bonds. The molecule has 1 aliphatic heterocycles. The van der Waals surface area contributed by atoms with Gasteiger partial charge in [-0.2, -0.15) is 0 Å². The number of thiocarbonyl (C=S) groups is 1. The molecule has 3 N–H and O–H groups in total. The van der Waals surface area contributed by atoms with E-state index in [-0.39, 0.29) is 23.0 Å². The van der Waals surface area contributed by atoms with Crippen molar-refractivity contribution in [3.05, 3.63) is 58.1 Å². The van der Waals surface area contributed by atoms with Crippen molar-refractivity contribution >= 4 is 50.8 Å². The van der Waals surface area contributed by atoms with Gasteiger partial charge in [-0.25, -0.2) is 0 Å². The van der Waals surface area contributed by atoms with Crippen LogP contribution in [0.3, 0.4) is 0 Å². The highest BCUT2D eigenvalue weighted by Gasteiger charge is 2.18. The number of hydrogen-bond acceptors (Lipinski definition) is 5. The van der Waals surface area contributed by atoms with E-state index >= 15 is 0 Å². The molecule has 1 aliphatic rings. The molecule has 170 valence electrons. The fraction of sp³-hybridized carbons (Fsp3) is 0.348. The number of amides is 2. The fourth-order valence-corrected chi connectivity index (χ4v) is 3.89. The number of hydrogen-bond donors (Lipinski definition) is 3. The van der Waals surface area contributed by atoms with Crippen molar-refractivity contribution in [2.75, 3.05) is 25.1 Å². The van der Waals surface area contributed by atoms with Gasteiger partial charge >= 0.3 is 0 Å². The zero-order valence-corrected chi connectivity index (χ0v) is 20.2. The summed E-state index contributed by atoms with van der Waals surface area (Å²) < 4.78 is 11.8. The Labute approximate surface area is 201 Å². The van der Waals surface area contributed by atoms with Crippen LogP contribution in [0.15, 0.2) is 46.9 Å². The van der Waals surface area contributed by atoms with Crippen molar-refractivity contribution in [2.45, 2.75) is 32.3 Å². The highest BCUT2D eigenvalue weighted by atomic mass is 79.9. The third-order valence-electron chi connectivity index (χ3n) is 4.82. The molecule has 0 aromatic heterocycles. The maximum atomic E-state index is 12.6. The van der Waals surface area contributed by atoms with E-state index in [1.54, 1.807) is 42.5 Å². The maximum absolute atomic E-state index is 12.6. The fourth-order valence-electron chi connectivity index (χ4n) is 3.20. The van der Waals surface area contributed by atoms with E-state index in [1.165, 1.54) is 0 Å². The minimum atomic E-state index is -0.370. The highest BCUT2D eigenvalue weighted by molar-refractivity contribution is 9.10. The molecular formula is C23H26BrN3O4S. The summed E-state index contributed by atoms with van der Waals surface area (Å²) in [6.45, 7) is 3.81. The molecule has 9 heteroatoms. The average Bonchev–Trinajstić information content (AvgIpc) is 3.30. The number of nitrogens with one attached hydrogen (secondary N) is 3. The largest absolute Gasteiger partial charge is 0.492 e. The predicted molar refractivity (Wildman–Crippen MR) is 131 cm³/mol. The molecule has 0 spiro atoms. The third kappa shape index (κ3) is 6.75. The molecule has 3 rings (SSSR count). The van der Waals surface area contributed by atoms with Crippen LogP contribution in [0.5, 0.6) is 5.75 Å². The number of anilines is 1. The van der Waals surface area contributed by atoms with E-state index in [9.17, 15) is 9.59 Å². The second-order valence-corrected chi connectivity index (χ2v) is 8.56. The second kappa shape index (κ2) is 11.9. The van der Waals surface area contributed by atoms with Crippen LogP contribution in [0.4, 0.5) is 5.69 Å². The summed E-state index contributed by atoms with van der Waals surface area (Å²) in [5.74, 6) is 0.0712. The summed E-state index contributed by atoms with van der Waals surface area (Å²) in [6.07, 6.45) is 2.90. The Morgan fingerprint density at radius 2 is 2.03 bits per heavy atom. The Balaban J connectivity index is 1.59. The number of benzene rings is 2. The number of para-hydroxylation sites is 1. The monoisotopic (exact) mass is 519 g/mol. The van der Waals surface area contributed by atoms with Crippen LogP contribution < -0.4 is 20.7 Å². The Hall–Kier alpha value is -2.49. The summed E-state index contributed by atoms with van der Waals surface area (Å²) in [5.41, 5.74) is 1.36. The van der Waals surface area contributed by atoms with Crippen molar-refractivity contribution in [1.29, 1.82) is 0 Å². The molecule has 1 saturated heterocycles. The molecule has 1 unspecified atom stereocenters. The Morgan fingerprint density at radius 3 is 2.75 bits per heavy atom. The first-order valence-electron chi connectivity index (χ1n) is 10.5. The molecule has 2 aromatic carbocycles. The van der Waals surface area contributed by atoms with Crippen LogP contribution in [-0.4, -0.2) is 42.8 Å². The molecule has 32 heavy (non-hydrogen) atoms. The first-order valence-corrected chi connectivity index (χ1v) is 11.7. The predicted octanol–water partition coefficient (Wildman–Crippen LogP) is 4.27. The Morgan fingerprint density at radius 1 is 1.22 bits per heavy atom. The zero-order valence-electron chi connectivity index (χ0n) is 17.8. The molecule has 0 saturated carbocycles. The van der Waals surface area contributed by atoms with Crippen molar-refractivity contribution in [3.8, 4) is 5.75 Å². The first kappa shape index (κ1) is 24.2. The van der Waals surface area contributed by atoms with Crippen LogP contribution in [-0.2, 0) is 4.74 Å². The number of ether oxygens (including phenoxy) is 2. The van der Waals surface area contributed by atoms with Gasteiger partial charge in [0.05, 0.1) is 28.4 Å². The smallest absolute Gasteiger partial charge is 0.257 e. The van der Waals surface area contributed by atoms with Gasteiger partial charge in [0.2, 0.25) is 0 Å². The van der Waals surface area contributed by atoms with Gasteiger partial charge in [-0.15, -0.1) is 0 Å². The molecule has 0 aliphatic carbocycles. The van der Waals surface area contributed by atoms with Crippen molar-refractivity contribution in [1.82, 2.24) is 10.6 Å². The average molecular weight is 520 g/mol. The van der Waals surface area contributed by atoms with Crippen molar-refractivity contribution in [2.24, 2.45) is 0 Å². The summed E-state index contributed by atoms with van der Waals surface area (Å²) in [5, 5.41) is 8.58. The molecule has 1 fully saturated rings. The molecule has 2 aromatic rings. The van der Waals surface area contributed by atoms with E-state index in [2.05, 4.69) is 31.9 Å². The molecule has 0 radical (unpaired) electrons. The number of rotatable bonds is 8. The van der Waals surface area contributed by atoms with E-state index in [1.807, 2.05) is 6.92 Å². The van der Waals surface area contributed by atoms with Crippen LogP contribution >= 0.6 is 28.1 Å².